The Labute approximate surface area is 141 Å². The number of hydrogen-bond acceptors (Lipinski definition) is 3. The summed E-state index contributed by atoms with van der Waals surface area (Å²) in [6.07, 6.45) is 0.846. The topological polar surface area (TPSA) is 64.7 Å². The molecule has 0 aliphatic heterocycles. The number of nitrogens with zero attached hydrogens (tertiary/aromatic N) is 4. The number of aromatic nitrogens is 4. The zero-order valence-electron chi connectivity index (χ0n) is 14.6. The van der Waals surface area contributed by atoms with Gasteiger partial charge in [0.1, 0.15) is 5.82 Å². The van der Waals surface area contributed by atoms with Gasteiger partial charge < -0.3 is 9.88 Å². The number of carbonyl (C=O) groups excluding carboxylic acids is 1. The molecule has 0 atom stereocenters. The van der Waals surface area contributed by atoms with Gasteiger partial charge in [0.05, 0.1) is 16.7 Å². The lowest BCUT2D eigenvalue weighted by atomic mass is 10.2. The zero-order chi connectivity index (χ0) is 17.3. The fourth-order valence-corrected chi connectivity index (χ4v) is 2.90. The SMILES string of the molecule is Cc1cc(C)n(CCCNC(=O)c2ccc3c(c2)nc(C)n3C)n1. The van der Waals surface area contributed by atoms with Gasteiger partial charge >= 0.3 is 0 Å². The molecule has 6 nitrogen and oxygen atoms in total. The summed E-state index contributed by atoms with van der Waals surface area (Å²) in [5.41, 5.74) is 4.70. The smallest absolute Gasteiger partial charge is 0.251 e. The van der Waals surface area contributed by atoms with E-state index in [1.165, 1.54) is 0 Å². The second-order valence-corrected chi connectivity index (χ2v) is 6.18. The minimum absolute atomic E-state index is 0.0615. The van der Waals surface area contributed by atoms with Crippen LogP contribution in [-0.4, -0.2) is 31.8 Å². The van der Waals surface area contributed by atoms with E-state index in [9.17, 15) is 4.79 Å². The molecule has 0 aliphatic carbocycles. The number of fused-ring (bicyclic) bond motifs is 1. The Bertz CT molecular complexity index is 890. The largest absolute Gasteiger partial charge is 0.352 e. The number of aryl methyl sites for hydroxylation is 5. The fourth-order valence-electron chi connectivity index (χ4n) is 2.90. The molecule has 1 amide bonds. The Morgan fingerprint density at radius 3 is 2.71 bits per heavy atom. The monoisotopic (exact) mass is 325 g/mol. The summed E-state index contributed by atoms with van der Waals surface area (Å²) < 4.78 is 4.00. The number of nitrogens with one attached hydrogen (secondary N) is 1. The number of hydrogen-bond donors (Lipinski definition) is 1. The van der Waals surface area contributed by atoms with Crippen molar-refractivity contribution in [3.63, 3.8) is 0 Å². The molecule has 3 aromatic rings. The predicted molar refractivity (Wildman–Crippen MR) is 94.1 cm³/mol. The first-order chi connectivity index (χ1) is 11.5. The number of rotatable bonds is 5. The summed E-state index contributed by atoms with van der Waals surface area (Å²) in [6, 6.07) is 7.70. The molecule has 0 bridgehead atoms. The van der Waals surface area contributed by atoms with Crippen LogP contribution < -0.4 is 5.32 Å². The van der Waals surface area contributed by atoms with Crippen molar-refractivity contribution < 1.29 is 4.79 Å². The van der Waals surface area contributed by atoms with Crippen LogP contribution in [-0.2, 0) is 13.6 Å². The third-order valence-electron chi connectivity index (χ3n) is 4.30. The van der Waals surface area contributed by atoms with Gasteiger partial charge in [-0.15, -0.1) is 0 Å². The highest BCUT2D eigenvalue weighted by Gasteiger charge is 2.09. The normalized spacial score (nSPS) is 11.2. The molecule has 3 rings (SSSR count). The number of imidazole rings is 1. The lowest BCUT2D eigenvalue weighted by Crippen LogP contribution is -2.25. The summed E-state index contributed by atoms with van der Waals surface area (Å²) in [6.45, 7) is 7.41. The van der Waals surface area contributed by atoms with E-state index in [2.05, 4.69) is 21.5 Å². The summed E-state index contributed by atoms with van der Waals surface area (Å²) >= 11 is 0. The highest BCUT2D eigenvalue weighted by Crippen LogP contribution is 2.16. The molecule has 24 heavy (non-hydrogen) atoms. The number of carbonyl (C=O) groups is 1. The summed E-state index contributed by atoms with van der Waals surface area (Å²) in [4.78, 5) is 16.8. The van der Waals surface area contributed by atoms with E-state index in [0.717, 1.165) is 41.2 Å². The molecule has 0 saturated carbocycles. The van der Waals surface area contributed by atoms with Crippen LogP contribution >= 0.6 is 0 Å². The van der Waals surface area contributed by atoms with Crippen LogP contribution in [0.15, 0.2) is 24.3 Å². The standard InChI is InChI=1S/C18H23N5O/c1-12-10-13(2)23(21-12)9-5-8-19-18(24)15-6-7-17-16(11-15)20-14(3)22(17)4/h6-7,10-11H,5,8-9H2,1-4H3,(H,19,24). The minimum atomic E-state index is -0.0615. The van der Waals surface area contributed by atoms with Crippen molar-refractivity contribution in [1.82, 2.24) is 24.6 Å². The molecule has 0 unspecified atom stereocenters. The van der Waals surface area contributed by atoms with Gasteiger partial charge in [-0.05, 0) is 51.5 Å². The zero-order valence-corrected chi connectivity index (χ0v) is 14.6. The van der Waals surface area contributed by atoms with Crippen LogP contribution in [0.5, 0.6) is 0 Å². The molecule has 0 radical (unpaired) electrons. The van der Waals surface area contributed by atoms with Crippen LogP contribution in [0.1, 0.15) is 34.0 Å². The first-order valence-corrected chi connectivity index (χ1v) is 8.18. The van der Waals surface area contributed by atoms with Gasteiger partial charge in [0.25, 0.3) is 5.91 Å². The summed E-state index contributed by atoms with van der Waals surface area (Å²) in [5, 5.41) is 7.39. The minimum Gasteiger partial charge on any atom is -0.352 e. The molecular weight excluding hydrogens is 302 g/mol. The highest BCUT2D eigenvalue weighted by atomic mass is 16.1. The van der Waals surface area contributed by atoms with E-state index in [4.69, 9.17) is 0 Å². The first kappa shape index (κ1) is 16.2. The first-order valence-electron chi connectivity index (χ1n) is 8.18. The van der Waals surface area contributed by atoms with E-state index in [1.54, 1.807) is 0 Å². The maximum atomic E-state index is 12.3. The van der Waals surface area contributed by atoms with Crippen molar-refractivity contribution >= 4 is 16.9 Å². The van der Waals surface area contributed by atoms with Gasteiger partial charge in [-0.2, -0.15) is 5.10 Å². The molecular formula is C18H23N5O. The van der Waals surface area contributed by atoms with Gasteiger partial charge in [-0.25, -0.2) is 4.98 Å². The second-order valence-electron chi connectivity index (χ2n) is 6.18. The molecule has 0 spiro atoms. The number of amides is 1. The van der Waals surface area contributed by atoms with Crippen molar-refractivity contribution in [2.45, 2.75) is 33.7 Å². The molecule has 0 fully saturated rings. The Morgan fingerprint density at radius 1 is 1.21 bits per heavy atom. The van der Waals surface area contributed by atoms with Crippen LogP contribution in [0.25, 0.3) is 11.0 Å². The quantitative estimate of drug-likeness (QED) is 0.733. The molecule has 2 heterocycles. The lowest BCUT2D eigenvalue weighted by molar-refractivity contribution is 0.0952. The van der Waals surface area contributed by atoms with E-state index in [-0.39, 0.29) is 5.91 Å². The van der Waals surface area contributed by atoms with Crippen molar-refractivity contribution in [1.29, 1.82) is 0 Å². The number of benzene rings is 1. The summed E-state index contributed by atoms with van der Waals surface area (Å²) in [5.74, 6) is 0.876. The Kier molecular flexibility index (Phi) is 4.38. The fraction of sp³-hybridized carbons (Fsp3) is 0.389. The average molecular weight is 325 g/mol. The molecule has 1 aromatic carbocycles. The highest BCUT2D eigenvalue weighted by molar-refractivity contribution is 5.97. The lowest BCUT2D eigenvalue weighted by Gasteiger charge is -2.07. The van der Waals surface area contributed by atoms with Crippen molar-refractivity contribution in [3.8, 4) is 0 Å². The Balaban J connectivity index is 1.58. The average Bonchev–Trinajstić information content (AvgIpc) is 3.02. The molecule has 0 aliphatic rings. The van der Waals surface area contributed by atoms with Gasteiger partial charge in [-0.1, -0.05) is 0 Å². The van der Waals surface area contributed by atoms with Crippen LogP contribution in [0.4, 0.5) is 0 Å². The third kappa shape index (κ3) is 3.18. The van der Waals surface area contributed by atoms with Gasteiger partial charge in [-0.3, -0.25) is 9.48 Å². The van der Waals surface area contributed by atoms with Gasteiger partial charge in [0.15, 0.2) is 0 Å². The molecule has 126 valence electrons. The second kappa shape index (κ2) is 6.47. The predicted octanol–water partition coefficient (Wildman–Crippen LogP) is 2.52. The van der Waals surface area contributed by atoms with Crippen molar-refractivity contribution in [2.24, 2.45) is 7.05 Å². The van der Waals surface area contributed by atoms with E-state index >= 15 is 0 Å². The van der Waals surface area contributed by atoms with E-state index in [1.807, 2.05) is 55.3 Å². The Hall–Kier alpha value is -2.63. The van der Waals surface area contributed by atoms with Crippen molar-refractivity contribution in [3.05, 3.63) is 47.0 Å². The molecule has 1 N–H and O–H groups in total. The summed E-state index contributed by atoms with van der Waals surface area (Å²) in [7, 11) is 1.98. The van der Waals surface area contributed by atoms with E-state index in [0.29, 0.717) is 12.1 Å². The molecule has 2 aromatic heterocycles. The van der Waals surface area contributed by atoms with E-state index < -0.39 is 0 Å². The van der Waals surface area contributed by atoms with Crippen LogP contribution in [0.2, 0.25) is 0 Å². The van der Waals surface area contributed by atoms with Gasteiger partial charge in [0, 0.05) is 31.4 Å². The van der Waals surface area contributed by atoms with Crippen LogP contribution in [0, 0.1) is 20.8 Å². The maximum absolute atomic E-state index is 12.3. The van der Waals surface area contributed by atoms with Gasteiger partial charge in [0.2, 0.25) is 0 Å². The Morgan fingerprint density at radius 2 is 2.00 bits per heavy atom. The molecule has 6 heteroatoms. The molecule has 0 saturated heterocycles. The van der Waals surface area contributed by atoms with Crippen LogP contribution in [0.3, 0.4) is 0 Å². The third-order valence-corrected chi connectivity index (χ3v) is 4.30. The maximum Gasteiger partial charge on any atom is 0.251 e. The van der Waals surface area contributed by atoms with Crippen molar-refractivity contribution in [2.75, 3.05) is 6.54 Å².